The van der Waals surface area contributed by atoms with Crippen LogP contribution in [0.1, 0.15) is 25.0 Å². The van der Waals surface area contributed by atoms with Gasteiger partial charge in [0, 0.05) is 39.9 Å². The SMILES string of the molecule is CCOc1ccc(-c2coc3c(C)c(OC)c(/C(C)=C/C(=O)Nc4ccc5c(c4)OCO5)cc23)cc1. The Kier molecular flexibility index (Phi) is 6.29. The predicted molar refractivity (Wildman–Crippen MR) is 139 cm³/mol. The Balaban J connectivity index is 1.48. The van der Waals surface area contributed by atoms with Crippen molar-refractivity contribution in [2.45, 2.75) is 20.8 Å². The van der Waals surface area contributed by atoms with Crippen LogP contribution in [0.25, 0.3) is 27.7 Å². The van der Waals surface area contributed by atoms with Gasteiger partial charge in [-0.05, 0) is 62.2 Å². The molecule has 184 valence electrons. The van der Waals surface area contributed by atoms with Gasteiger partial charge in [0.15, 0.2) is 11.5 Å². The fourth-order valence-corrected chi connectivity index (χ4v) is 4.42. The summed E-state index contributed by atoms with van der Waals surface area (Å²) in [4.78, 5) is 12.8. The molecule has 2 heterocycles. The van der Waals surface area contributed by atoms with E-state index in [1.54, 1.807) is 37.6 Å². The summed E-state index contributed by atoms with van der Waals surface area (Å²) < 4.78 is 28.0. The third kappa shape index (κ3) is 4.35. The van der Waals surface area contributed by atoms with Crippen LogP contribution < -0.4 is 24.3 Å². The number of anilines is 1. The number of hydrogen-bond acceptors (Lipinski definition) is 6. The third-order valence-electron chi connectivity index (χ3n) is 6.14. The number of rotatable bonds is 7. The largest absolute Gasteiger partial charge is 0.496 e. The molecule has 0 radical (unpaired) electrons. The smallest absolute Gasteiger partial charge is 0.248 e. The molecule has 36 heavy (non-hydrogen) atoms. The van der Waals surface area contributed by atoms with Crippen molar-refractivity contribution in [1.29, 1.82) is 0 Å². The van der Waals surface area contributed by atoms with Gasteiger partial charge in [0.1, 0.15) is 17.1 Å². The van der Waals surface area contributed by atoms with Gasteiger partial charge in [0.25, 0.3) is 0 Å². The Morgan fingerprint density at radius 2 is 1.86 bits per heavy atom. The van der Waals surface area contributed by atoms with Crippen LogP contribution in [0.4, 0.5) is 5.69 Å². The number of furan rings is 1. The van der Waals surface area contributed by atoms with Crippen LogP contribution in [-0.2, 0) is 4.79 Å². The molecule has 0 bridgehead atoms. The number of allylic oxidation sites excluding steroid dienone is 1. The molecule has 1 N–H and O–H groups in total. The van der Waals surface area contributed by atoms with Crippen LogP contribution in [0, 0.1) is 6.92 Å². The number of carbonyl (C=O) groups is 1. The number of hydrogen-bond donors (Lipinski definition) is 1. The molecule has 0 saturated heterocycles. The molecule has 0 saturated carbocycles. The average molecular weight is 486 g/mol. The monoisotopic (exact) mass is 485 g/mol. The van der Waals surface area contributed by atoms with Gasteiger partial charge in [-0.3, -0.25) is 4.79 Å². The highest BCUT2D eigenvalue weighted by Crippen LogP contribution is 2.41. The number of carbonyl (C=O) groups excluding carboxylic acids is 1. The Hall–Kier alpha value is -4.39. The molecular weight excluding hydrogens is 458 g/mol. The van der Waals surface area contributed by atoms with E-state index in [1.807, 2.05) is 51.1 Å². The minimum Gasteiger partial charge on any atom is -0.496 e. The number of fused-ring (bicyclic) bond motifs is 2. The van der Waals surface area contributed by atoms with E-state index in [1.165, 1.54) is 0 Å². The zero-order valence-electron chi connectivity index (χ0n) is 20.6. The highest BCUT2D eigenvalue weighted by atomic mass is 16.7. The summed E-state index contributed by atoms with van der Waals surface area (Å²) in [6.45, 7) is 6.60. The lowest BCUT2D eigenvalue weighted by molar-refractivity contribution is -0.111. The fraction of sp³-hybridized carbons (Fsp3) is 0.207. The molecule has 4 aromatic rings. The Labute approximate surface area is 209 Å². The topological polar surface area (TPSA) is 79.2 Å². The van der Waals surface area contributed by atoms with E-state index in [4.69, 9.17) is 23.4 Å². The molecule has 0 spiro atoms. The molecule has 1 aromatic heterocycles. The maximum Gasteiger partial charge on any atom is 0.248 e. The van der Waals surface area contributed by atoms with Gasteiger partial charge in [-0.2, -0.15) is 0 Å². The van der Waals surface area contributed by atoms with Crippen molar-refractivity contribution in [2.75, 3.05) is 25.8 Å². The van der Waals surface area contributed by atoms with E-state index in [2.05, 4.69) is 5.32 Å². The van der Waals surface area contributed by atoms with Gasteiger partial charge in [-0.25, -0.2) is 0 Å². The molecule has 1 aliphatic rings. The fourth-order valence-electron chi connectivity index (χ4n) is 4.42. The van der Waals surface area contributed by atoms with Crippen molar-refractivity contribution < 1.29 is 28.2 Å². The summed E-state index contributed by atoms with van der Waals surface area (Å²) in [6, 6.07) is 15.2. The molecule has 0 unspecified atom stereocenters. The summed E-state index contributed by atoms with van der Waals surface area (Å²) in [7, 11) is 1.62. The molecule has 0 aliphatic carbocycles. The van der Waals surface area contributed by atoms with Crippen LogP contribution in [-0.4, -0.2) is 26.4 Å². The molecule has 1 amide bonds. The number of nitrogens with one attached hydrogen (secondary N) is 1. The van der Waals surface area contributed by atoms with E-state index in [0.717, 1.165) is 44.5 Å². The van der Waals surface area contributed by atoms with Crippen molar-refractivity contribution in [1.82, 2.24) is 0 Å². The molecule has 7 heteroatoms. The van der Waals surface area contributed by atoms with E-state index in [-0.39, 0.29) is 12.7 Å². The number of ether oxygens (including phenoxy) is 4. The molecule has 3 aromatic carbocycles. The van der Waals surface area contributed by atoms with Crippen molar-refractivity contribution >= 4 is 28.1 Å². The zero-order chi connectivity index (χ0) is 25.2. The zero-order valence-corrected chi connectivity index (χ0v) is 20.6. The lowest BCUT2D eigenvalue weighted by atomic mass is 9.96. The predicted octanol–water partition coefficient (Wildman–Crippen LogP) is 6.59. The summed E-state index contributed by atoms with van der Waals surface area (Å²) >= 11 is 0. The molecule has 0 atom stereocenters. The lowest BCUT2D eigenvalue weighted by Crippen LogP contribution is -2.08. The highest BCUT2D eigenvalue weighted by Gasteiger charge is 2.19. The van der Waals surface area contributed by atoms with Gasteiger partial charge in [0.2, 0.25) is 12.7 Å². The minimum atomic E-state index is -0.259. The first-order valence-electron chi connectivity index (χ1n) is 11.7. The second-order valence-corrected chi connectivity index (χ2v) is 8.45. The first-order valence-corrected chi connectivity index (χ1v) is 11.7. The van der Waals surface area contributed by atoms with Gasteiger partial charge in [-0.1, -0.05) is 12.1 Å². The van der Waals surface area contributed by atoms with E-state index >= 15 is 0 Å². The maximum absolute atomic E-state index is 12.8. The molecule has 7 nitrogen and oxygen atoms in total. The molecular formula is C29H27NO6. The third-order valence-corrected chi connectivity index (χ3v) is 6.14. The number of benzene rings is 3. The van der Waals surface area contributed by atoms with Crippen LogP contribution in [0.15, 0.2) is 65.3 Å². The summed E-state index contributed by atoms with van der Waals surface area (Å²) in [6.07, 6.45) is 3.31. The standard InChI is InChI=1S/C29H27NO6/c1-5-33-21-9-6-19(7-10-21)24-15-34-29-18(3)28(32-4)22(14-23(24)29)17(2)12-27(31)30-20-8-11-25-26(13-20)36-16-35-25/h6-15H,5,16H2,1-4H3,(H,30,31)/b17-12+. The second kappa shape index (κ2) is 9.70. The van der Waals surface area contributed by atoms with Crippen LogP contribution in [0.2, 0.25) is 0 Å². The van der Waals surface area contributed by atoms with E-state index in [9.17, 15) is 4.79 Å². The van der Waals surface area contributed by atoms with Gasteiger partial charge in [-0.15, -0.1) is 0 Å². The summed E-state index contributed by atoms with van der Waals surface area (Å²) in [5, 5.41) is 3.83. The Bertz CT molecular complexity index is 1470. The van der Waals surface area contributed by atoms with Gasteiger partial charge in [0.05, 0.1) is 20.0 Å². The first-order chi connectivity index (χ1) is 17.5. The van der Waals surface area contributed by atoms with Crippen LogP contribution in [0.5, 0.6) is 23.0 Å². The maximum atomic E-state index is 12.8. The summed E-state index contributed by atoms with van der Waals surface area (Å²) in [5.74, 6) is 2.50. The van der Waals surface area contributed by atoms with Crippen molar-refractivity contribution in [3.05, 3.63) is 72.0 Å². The average Bonchev–Trinajstić information content (AvgIpc) is 3.51. The van der Waals surface area contributed by atoms with Crippen molar-refractivity contribution in [3.8, 4) is 34.1 Å². The van der Waals surface area contributed by atoms with Gasteiger partial charge < -0.3 is 28.7 Å². The number of aryl methyl sites for hydroxylation is 1. The molecule has 1 aliphatic heterocycles. The van der Waals surface area contributed by atoms with E-state index in [0.29, 0.717) is 29.5 Å². The molecule has 0 fully saturated rings. The lowest BCUT2D eigenvalue weighted by Gasteiger charge is -2.13. The minimum absolute atomic E-state index is 0.181. The van der Waals surface area contributed by atoms with Crippen molar-refractivity contribution in [3.63, 3.8) is 0 Å². The normalized spacial score (nSPS) is 12.6. The summed E-state index contributed by atoms with van der Waals surface area (Å²) in [5.41, 5.74) is 5.78. The second-order valence-electron chi connectivity index (χ2n) is 8.45. The number of methoxy groups -OCH3 is 1. The Morgan fingerprint density at radius 1 is 1.08 bits per heavy atom. The van der Waals surface area contributed by atoms with Crippen LogP contribution in [0.3, 0.4) is 0 Å². The van der Waals surface area contributed by atoms with Gasteiger partial charge >= 0.3 is 0 Å². The quantitative estimate of drug-likeness (QED) is 0.298. The van der Waals surface area contributed by atoms with Crippen LogP contribution >= 0.6 is 0 Å². The first kappa shape index (κ1) is 23.4. The molecule has 5 rings (SSSR count). The van der Waals surface area contributed by atoms with E-state index < -0.39 is 0 Å². The van der Waals surface area contributed by atoms with Crippen molar-refractivity contribution in [2.24, 2.45) is 0 Å². The Morgan fingerprint density at radius 3 is 2.61 bits per heavy atom. The number of amides is 1. The highest BCUT2D eigenvalue weighted by molar-refractivity contribution is 6.06.